The van der Waals surface area contributed by atoms with Gasteiger partial charge in [-0.3, -0.25) is 24.2 Å². The number of hydroxylamine groups is 1. The standard InChI is InChI=1S/C21H28N3O8P/c1-2-3-4-6-15(12-19(25)24-28)20(26)22-13-23-21(27)18-10-9-17(32-18)14-7-5-8-16(11-14)33(29,30)31/h5,7-11,15,28H,2-4,6,12-13H2,1H3,(H,22,26)(H,23,27)(H,24,25)(H2,29,30,31)/t15-/m1/s1. The number of carbonyl (C=O) groups is 3. The lowest BCUT2D eigenvalue weighted by Gasteiger charge is -2.16. The van der Waals surface area contributed by atoms with Gasteiger partial charge >= 0.3 is 7.60 Å². The van der Waals surface area contributed by atoms with Gasteiger partial charge in [0.1, 0.15) is 5.76 Å². The second kappa shape index (κ2) is 12.3. The van der Waals surface area contributed by atoms with Crippen LogP contribution in [0.4, 0.5) is 0 Å². The molecule has 0 aliphatic rings. The monoisotopic (exact) mass is 481 g/mol. The molecule has 0 bridgehead atoms. The Kier molecular flexibility index (Phi) is 9.80. The molecule has 0 radical (unpaired) electrons. The van der Waals surface area contributed by atoms with E-state index in [4.69, 9.17) is 9.62 Å². The third-order valence-electron chi connectivity index (χ3n) is 4.89. The molecule has 0 saturated carbocycles. The van der Waals surface area contributed by atoms with Crippen LogP contribution in [0.1, 0.15) is 49.6 Å². The summed E-state index contributed by atoms with van der Waals surface area (Å²) >= 11 is 0. The van der Waals surface area contributed by atoms with Gasteiger partial charge in [-0.2, -0.15) is 0 Å². The van der Waals surface area contributed by atoms with Gasteiger partial charge < -0.3 is 24.8 Å². The minimum atomic E-state index is -4.43. The second-order valence-electron chi connectivity index (χ2n) is 7.41. The molecule has 2 aromatic rings. The van der Waals surface area contributed by atoms with Crippen molar-refractivity contribution in [3.63, 3.8) is 0 Å². The fourth-order valence-corrected chi connectivity index (χ4v) is 3.72. The summed E-state index contributed by atoms with van der Waals surface area (Å²) in [7, 11) is -4.43. The molecule has 1 atom stereocenters. The fraction of sp³-hybridized carbons (Fsp3) is 0.381. The van der Waals surface area contributed by atoms with Gasteiger partial charge in [0.2, 0.25) is 11.8 Å². The average Bonchev–Trinajstić information content (AvgIpc) is 3.28. The summed E-state index contributed by atoms with van der Waals surface area (Å²) in [5.74, 6) is -2.16. The SMILES string of the molecule is CCCCC[C@H](CC(=O)NO)C(=O)NCNC(=O)c1ccc(-c2cccc(P(=O)(O)O)c2)o1. The third-order valence-corrected chi connectivity index (χ3v) is 5.84. The smallest absolute Gasteiger partial charge is 0.356 e. The molecule has 1 aromatic carbocycles. The molecule has 3 amide bonds. The van der Waals surface area contributed by atoms with Crippen LogP contribution in [0.3, 0.4) is 0 Å². The number of rotatable bonds is 12. The normalized spacial score (nSPS) is 12.1. The Morgan fingerprint density at radius 1 is 1.09 bits per heavy atom. The summed E-state index contributed by atoms with van der Waals surface area (Å²) in [4.78, 5) is 54.8. The highest BCUT2D eigenvalue weighted by Crippen LogP contribution is 2.34. The predicted octanol–water partition coefficient (Wildman–Crippen LogP) is 1.65. The highest BCUT2D eigenvalue weighted by molar-refractivity contribution is 7.60. The molecule has 1 aromatic heterocycles. The molecule has 0 saturated heterocycles. The highest BCUT2D eigenvalue weighted by Gasteiger charge is 2.22. The van der Waals surface area contributed by atoms with Gasteiger partial charge in [-0.05, 0) is 30.7 Å². The van der Waals surface area contributed by atoms with E-state index in [1.54, 1.807) is 6.07 Å². The van der Waals surface area contributed by atoms with Gasteiger partial charge in [0, 0.05) is 17.9 Å². The lowest BCUT2D eigenvalue weighted by Crippen LogP contribution is -2.41. The van der Waals surface area contributed by atoms with Crippen LogP contribution < -0.4 is 21.4 Å². The maximum atomic E-state index is 12.4. The third kappa shape index (κ3) is 8.14. The van der Waals surface area contributed by atoms with E-state index >= 15 is 0 Å². The lowest BCUT2D eigenvalue weighted by atomic mass is 9.96. The van der Waals surface area contributed by atoms with Crippen molar-refractivity contribution in [1.82, 2.24) is 16.1 Å². The first-order chi connectivity index (χ1) is 15.7. The van der Waals surface area contributed by atoms with Crippen LogP contribution in [0.2, 0.25) is 0 Å². The van der Waals surface area contributed by atoms with Gasteiger partial charge in [-0.25, -0.2) is 5.48 Å². The summed E-state index contributed by atoms with van der Waals surface area (Å²) in [6, 6.07) is 8.52. The van der Waals surface area contributed by atoms with Crippen molar-refractivity contribution in [2.75, 3.05) is 6.67 Å². The number of benzene rings is 1. The largest absolute Gasteiger partial charge is 0.451 e. The van der Waals surface area contributed by atoms with E-state index < -0.39 is 31.2 Å². The Bertz CT molecular complexity index is 1020. The number of hydrogen-bond donors (Lipinski definition) is 6. The molecule has 33 heavy (non-hydrogen) atoms. The number of furan rings is 1. The molecule has 0 unspecified atom stereocenters. The van der Waals surface area contributed by atoms with Crippen LogP contribution >= 0.6 is 7.60 Å². The maximum Gasteiger partial charge on any atom is 0.356 e. The average molecular weight is 481 g/mol. The quantitative estimate of drug-likeness (QED) is 0.0871. The maximum absolute atomic E-state index is 12.4. The van der Waals surface area contributed by atoms with E-state index in [1.165, 1.54) is 35.8 Å². The van der Waals surface area contributed by atoms with Gasteiger partial charge in [0.05, 0.1) is 12.0 Å². The van der Waals surface area contributed by atoms with Gasteiger partial charge in [-0.15, -0.1) is 0 Å². The van der Waals surface area contributed by atoms with Crippen LogP contribution in [0.5, 0.6) is 0 Å². The highest BCUT2D eigenvalue weighted by atomic mass is 31.2. The number of amides is 3. The zero-order valence-corrected chi connectivity index (χ0v) is 19.0. The Balaban J connectivity index is 1.94. The zero-order valence-electron chi connectivity index (χ0n) is 18.1. The summed E-state index contributed by atoms with van der Waals surface area (Å²) in [6.45, 7) is 1.81. The molecule has 6 N–H and O–H groups in total. The molecular weight excluding hydrogens is 453 g/mol. The van der Waals surface area contributed by atoms with Crippen molar-refractivity contribution in [2.24, 2.45) is 5.92 Å². The van der Waals surface area contributed by atoms with Gasteiger partial charge in [-0.1, -0.05) is 38.3 Å². The van der Waals surface area contributed by atoms with Crippen LogP contribution in [0, 0.1) is 5.92 Å². The Hall–Kier alpha value is -2.98. The Morgan fingerprint density at radius 3 is 2.52 bits per heavy atom. The first-order valence-electron chi connectivity index (χ1n) is 10.4. The molecule has 0 fully saturated rings. The fourth-order valence-electron chi connectivity index (χ4n) is 3.13. The summed E-state index contributed by atoms with van der Waals surface area (Å²) in [5, 5.41) is 13.6. The van der Waals surface area contributed by atoms with Crippen molar-refractivity contribution in [2.45, 2.75) is 39.0 Å². The second-order valence-corrected chi connectivity index (χ2v) is 9.02. The minimum Gasteiger partial charge on any atom is -0.451 e. The van der Waals surface area contributed by atoms with E-state index in [9.17, 15) is 28.7 Å². The van der Waals surface area contributed by atoms with Gasteiger partial charge in [0.15, 0.2) is 5.76 Å². The predicted molar refractivity (Wildman–Crippen MR) is 118 cm³/mol. The van der Waals surface area contributed by atoms with Crippen molar-refractivity contribution in [1.29, 1.82) is 0 Å². The van der Waals surface area contributed by atoms with E-state index in [0.29, 0.717) is 12.0 Å². The summed E-state index contributed by atoms with van der Waals surface area (Å²) in [6.07, 6.45) is 2.90. The van der Waals surface area contributed by atoms with Crippen molar-refractivity contribution >= 4 is 30.6 Å². The van der Waals surface area contributed by atoms with Crippen LogP contribution in [0.15, 0.2) is 40.8 Å². The minimum absolute atomic E-state index is 0.0556. The molecule has 2 rings (SSSR count). The molecule has 12 heteroatoms. The first kappa shape index (κ1) is 26.3. The number of unbranched alkanes of at least 4 members (excludes halogenated alkanes) is 2. The number of hydrogen-bond acceptors (Lipinski definition) is 6. The molecule has 0 aliphatic carbocycles. The van der Waals surface area contributed by atoms with E-state index in [1.807, 2.05) is 6.92 Å². The van der Waals surface area contributed by atoms with Gasteiger partial charge in [0.25, 0.3) is 5.91 Å². The number of nitrogens with one attached hydrogen (secondary N) is 3. The summed E-state index contributed by atoms with van der Waals surface area (Å²) < 4.78 is 16.9. The zero-order chi connectivity index (χ0) is 24.4. The van der Waals surface area contributed by atoms with Crippen molar-refractivity contribution in [3.8, 4) is 11.3 Å². The van der Waals surface area contributed by atoms with Crippen LogP contribution in [-0.4, -0.2) is 39.4 Å². The van der Waals surface area contributed by atoms with Crippen LogP contribution in [0.25, 0.3) is 11.3 Å². The summed E-state index contributed by atoms with van der Waals surface area (Å²) in [5.41, 5.74) is 1.91. The van der Waals surface area contributed by atoms with Crippen molar-refractivity contribution < 1.29 is 38.4 Å². The first-order valence-corrected chi connectivity index (χ1v) is 12.0. The molecule has 1 heterocycles. The lowest BCUT2D eigenvalue weighted by molar-refractivity contribution is -0.135. The van der Waals surface area contributed by atoms with Crippen LogP contribution in [-0.2, 0) is 14.2 Å². The van der Waals surface area contributed by atoms with E-state index in [0.717, 1.165) is 19.3 Å². The molecule has 0 aliphatic heterocycles. The van der Waals surface area contributed by atoms with Crippen molar-refractivity contribution in [3.05, 3.63) is 42.2 Å². The topological polar surface area (TPSA) is 178 Å². The van der Waals surface area contributed by atoms with E-state index in [2.05, 4.69) is 10.6 Å². The van der Waals surface area contributed by atoms with E-state index in [-0.39, 0.29) is 29.9 Å². The Labute approximate surface area is 190 Å². The Morgan fingerprint density at radius 2 is 1.85 bits per heavy atom. The molecule has 180 valence electrons. The molecule has 11 nitrogen and oxygen atoms in total. The number of carbonyl (C=O) groups excluding carboxylic acids is 3. The molecule has 0 spiro atoms. The molecular formula is C21H28N3O8P.